The second-order valence-electron chi connectivity index (χ2n) is 3.15. The minimum absolute atomic E-state index is 0.424. The zero-order valence-electron chi connectivity index (χ0n) is 8.83. The molecule has 9 heteroatoms. The van der Waals surface area contributed by atoms with Crippen LogP contribution in [0.5, 0.6) is 0 Å². The quantitative estimate of drug-likeness (QED) is 0.484. The smallest absolute Gasteiger partial charge is 0.211 e. The summed E-state index contributed by atoms with van der Waals surface area (Å²) in [7, 11) is 0. The average Bonchev–Trinajstić information content (AvgIpc) is 2.30. The molecule has 4 nitrogen and oxygen atoms in total. The minimum atomic E-state index is -5.89. The van der Waals surface area contributed by atoms with E-state index in [0.717, 1.165) is 24.3 Å². The Labute approximate surface area is 102 Å². The Kier molecular flexibility index (Phi) is 3.94. The van der Waals surface area contributed by atoms with Crippen LogP contribution in [0.15, 0.2) is 28.2 Å². The van der Waals surface area contributed by atoms with Crippen LogP contribution in [0.2, 0.25) is 0 Å². The summed E-state index contributed by atoms with van der Waals surface area (Å²) in [4.78, 5) is 25.8. The highest BCUT2D eigenvalue weighted by atomic mass is 19.4. The van der Waals surface area contributed by atoms with Crippen LogP contribution in [0.1, 0.15) is 5.56 Å². The number of carbonyl (C=O) groups excluding carboxylic acids is 2. The van der Waals surface area contributed by atoms with Crippen molar-refractivity contribution >= 4 is 23.5 Å². The molecule has 0 heterocycles. The van der Waals surface area contributed by atoms with Crippen molar-refractivity contribution in [3.63, 3.8) is 0 Å². The van der Waals surface area contributed by atoms with Gasteiger partial charge in [0.15, 0.2) is 0 Å². The Bertz CT molecular complexity index is 584. The molecule has 0 fully saturated rings. The van der Waals surface area contributed by atoms with Crippen LogP contribution in [-0.4, -0.2) is 18.3 Å². The summed E-state index contributed by atoms with van der Waals surface area (Å²) >= 11 is 0. The molecule has 0 bridgehead atoms. The molecule has 0 aliphatic heterocycles. The molecule has 0 saturated carbocycles. The highest BCUT2D eigenvalue weighted by Gasteiger charge is 2.60. The third-order valence-electron chi connectivity index (χ3n) is 2.03. The molecule has 0 N–H and O–H groups in total. The summed E-state index contributed by atoms with van der Waals surface area (Å²) in [6.45, 7) is 0. The zero-order chi connectivity index (χ0) is 14.7. The predicted molar refractivity (Wildman–Crippen MR) is 52.0 cm³/mol. The molecule has 1 aromatic carbocycles. The predicted octanol–water partition coefficient (Wildman–Crippen LogP) is 3.28. The standard InChI is InChI=1S/C10H3F5N2O2/c11-9(12,10(13,14)15)6-2-1-3-7(16-4-18)8(6)17-5-19/h1-3H. The third kappa shape index (κ3) is 2.73. The Morgan fingerprint density at radius 2 is 1.53 bits per heavy atom. The molecule has 0 aliphatic rings. The van der Waals surface area contributed by atoms with Crippen molar-refractivity contribution in [1.29, 1.82) is 0 Å². The largest absolute Gasteiger partial charge is 0.458 e. The van der Waals surface area contributed by atoms with Crippen LogP contribution in [0.25, 0.3) is 0 Å². The maximum atomic E-state index is 13.2. The van der Waals surface area contributed by atoms with Crippen LogP contribution in [0.4, 0.5) is 33.3 Å². The van der Waals surface area contributed by atoms with Crippen molar-refractivity contribution < 1.29 is 31.5 Å². The molecular formula is C10H3F5N2O2. The number of aliphatic imine (C=N–C) groups is 2. The average molecular weight is 278 g/mol. The summed E-state index contributed by atoms with van der Waals surface area (Å²) in [6.07, 6.45) is -4.09. The highest BCUT2D eigenvalue weighted by molar-refractivity contribution is 5.72. The van der Waals surface area contributed by atoms with Gasteiger partial charge in [-0.25, -0.2) is 9.59 Å². The second-order valence-corrected chi connectivity index (χ2v) is 3.15. The molecule has 0 radical (unpaired) electrons. The van der Waals surface area contributed by atoms with Gasteiger partial charge in [0.2, 0.25) is 12.2 Å². The number of isocyanates is 2. The summed E-state index contributed by atoms with van der Waals surface area (Å²) < 4.78 is 63.2. The third-order valence-corrected chi connectivity index (χ3v) is 2.03. The lowest BCUT2D eigenvalue weighted by molar-refractivity contribution is -0.289. The monoisotopic (exact) mass is 278 g/mol. The first-order chi connectivity index (χ1) is 8.75. The highest BCUT2D eigenvalue weighted by Crippen LogP contribution is 2.49. The molecule has 0 amide bonds. The second kappa shape index (κ2) is 5.09. The zero-order valence-corrected chi connectivity index (χ0v) is 8.83. The number of hydrogen-bond donors (Lipinski definition) is 0. The molecule has 0 atom stereocenters. The van der Waals surface area contributed by atoms with Crippen LogP contribution in [0.3, 0.4) is 0 Å². The Morgan fingerprint density at radius 1 is 0.947 bits per heavy atom. The van der Waals surface area contributed by atoms with Gasteiger partial charge in [-0.05, 0) is 6.07 Å². The van der Waals surface area contributed by atoms with E-state index in [0.29, 0.717) is 6.07 Å². The molecule has 100 valence electrons. The van der Waals surface area contributed by atoms with Crippen molar-refractivity contribution in [3.05, 3.63) is 23.8 Å². The number of para-hydroxylation sites is 1. The Hall–Kier alpha value is -2.37. The molecular weight excluding hydrogens is 275 g/mol. The van der Waals surface area contributed by atoms with Crippen LogP contribution in [0, 0.1) is 0 Å². The number of nitrogens with zero attached hydrogens (tertiary/aromatic N) is 2. The lowest BCUT2D eigenvalue weighted by atomic mass is 10.0. The fraction of sp³-hybridized carbons (Fsp3) is 0.200. The van der Waals surface area contributed by atoms with Crippen molar-refractivity contribution in [1.82, 2.24) is 0 Å². The van der Waals surface area contributed by atoms with Gasteiger partial charge in [0.1, 0.15) is 11.4 Å². The van der Waals surface area contributed by atoms with Crippen LogP contribution >= 0.6 is 0 Å². The van der Waals surface area contributed by atoms with E-state index in [1.165, 1.54) is 0 Å². The fourth-order valence-corrected chi connectivity index (χ4v) is 1.24. The first-order valence-electron chi connectivity index (χ1n) is 4.49. The van der Waals surface area contributed by atoms with Crippen molar-refractivity contribution in [2.45, 2.75) is 12.1 Å². The van der Waals surface area contributed by atoms with Gasteiger partial charge in [-0.2, -0.15) is 31.9 Å². The first-order valence-corrected chi connectivity index (χ1v) is 4.49. The number of rotatable bonds is 3. The van der Waals surface area contributed by atoms with Gasteiger partial charge in [0, 0.05) is 0 Å². The topological polar surface area (TPSA) is 58.9 Å². The van der Waals surface area contributed by atoms with Crippen molar-refractivity contribution in [3.8, 4) is 0 Å². The normalized spacial score (nSPS) is 11.4. The summed E-state index contributed by atoms with van der Waals surface area (Å²) in [5, 5.41) is 0. The maximum Gasteiger partial charge on any atom is 0.458 e. The van der Waals surface area contributed by atoms with Gasteiger partial charge in [-0.15, -0.1) is 0 Å². The first kappa shape index (κ1) is 14.7. The van der Waals surface area contributed by atoms with E-state index in [-0.39, 0.29) is 0 Å². The van der Waals surface area contributed by atoms with Gasteiger partial charge in [-0.1, -0.05) is 12.1 Å². The van der Waals surface area contributed by atoms with Gasteiger partial charge in [-0.3, -0.25) is 0 Å². The fourth-order valence-electron chi connectivity index (χ4n) is 1.24. The molecule has 0 unspecified atom stereocenters. The van der Waals surface area contributed by atoms with Gasteiger partial charge in [0.05, 0.1) is 5.56 Å². The minimum Gasteiger partial charge on any atom is -0.211 e. The van der Waals surface area contributed by atoms with E-state index in [2.05, 4.69) is 9.98 Å². The Morgan fingerprint density at radius 3 is 2.00 bits per heavy atom. The van der Waals surface area contributed by atoms with E-state index in [1.807, 2.05) is 0 Å². The molecule has 0 spiro atoms. The molecule has 0 saturated heterocycles. The van der Waals surface area contributed by atoms with Gasteiger partial charge < -0.3 is 0 Å². The van der Waals surface area contributed by atoms with Crippen molar-refractivity contribution in [2.24, 2.45) is 9.98 Å². The van der Waals surface area contributed by atoms with Gasteiger partial charge in [0.25, 0.3) is 0 Å². The number of alkyl halides is 5. The number of halogens is 5. The summed E-state index contributed by atoms with van der Waals surface area (Å²) in [6, 6.07) is 2.17. The van der Waals surface area contributed by atoms with Gasteiger partial charge >= 0.3 is 12.1 Å². The molecule has 0 aromatic heterocycles. The van der Waals surface area contributed by atoms with E-state index < -0.39 is 29.0 Å². The molecule has 1 rings (SSSR count). The number of benzene rings is 1. The lowest BCUT2D eigenvalue weighted by Crippen LogP contribution is -2.33. The van der Waals surface area contributed by atoms with E-state index in [1.54, 1.807) is 0 Å². The Balaban J connectivity index is 3.65. The van der Waals surface area contributed by atoms with Crippen LogP contribution < -0.4 is 0 Å². The lowest BCUT2D eigenvalue weighted by Gasteiger charge is -2.21. The van der Waals surface area contributed by atoms with Crippen molar-refractivity contribution in [2.75, 3.05) is 0 Å². The summed E-state index contributed by atoms with van der Waals surface area (Å²) in [5.41, 5.74) is -3.32. The van der Waals surface area contributed by atoms with E-state index in [9.17, 15) is 31.5 Å². The SMILES string of the molecule is O=C=Nc1cccc(C(F)(F)C(F)(F)F)c1N=C=O. The van der Waals surface area contributed by atoms with E-state index in [4.69, 9.17) is 0 Å². The molecule has 1 aromatic rings. The van der Waals surface area contributed by atoms with E-state index >= 15 is 0 Å². The molecule has 19 heavy (non-hydrogen) atoms. The summed E-state index contributed by atoms with van der Waals surface area (Å²) in [5.74, 6) is -5.25. The number of hydrogen-bond acceptors (Lipinski definition) is 4. The maximum absolute atomic E-state index is 13.2. The van der Waals surface area contributed by atoms with Crippen LogP contribution in [-0.2, 0) is 15.5 Å². The molecule has 0 aliphatic carbocycles.